The highest BCUT2D eigenvalue weighted by atomic mass is 79.9. The molecule has 0 aromatic heterocycles. The summed E-state index contributed by atoms with van der Waals surface area (Å²) in [6, 6.07) is 7.55. The van der Waals surface area contributed by atoms with Crippen molar-refractivity contribution in [1.82, 2.24) is 4.90 Å². The summed E-state index contributed by atoms with van der Waals surface area (Å²) in [7, 11) is 0. The smallest absolute Gasteiger partial charge is 0.255 e. The summed E-state index contributed by atoms with van der Waals surface area (Å²) >= 11 is 3.45. The highest BCUT2D eigenvalue weighted by Crippen LogP contribution is 2.40. The minimum atomic E-state index is -0.525. The van der Waals surface area contributed by atoms with Crippen molar-refractivity contribution in [2.24, 2.45) is 5.92 Å². The molecule has 1 heterocycles. The zero-order chi connectivity index (χ0) is 14.2. The van der Waals surface area contributed by atoms with Crippen molar-refractivity contribution in [1.29, 1.82) is 0 Å². The molecule has 1 saturated heterocycles. The lowest BCUT2D eigenvalue weighted by Gasteiger charge is -2.47. The number of rotatable bonds is 1. The van der Waals surface area contributed by atoms with Crippen LogP contribution in [0.2, 0.25) is 0 Å². The van der Waals surface area contributed by atoms with Gasteiger partial charge in [0.1, 0.15) is 0 Å². The van der Waals surface area contributed by atoms with Gasteiger partial charge in [0.2, 0.25) is 0 Å². The van der Waals surface area contributed by atoms with Gasteiger partial charge in [-0.2, -0.15) is 0 Å². The minimum absolute atomic E-state index is 0.0742. The number of nitrogens with zero attached hydrogens (tertiary/aromatic N) is 1. The normalized spacial score (nSPS) is 29.9. The maximum atomic E-state index is 12.6. The summed E-state index contributed by atoms with van der Waals surface area (Å²) in [6.45, 7) is 1.35. The van der Waals surface area contributed by atoms with Gasteiger partial charge in [0.15, 0.2) is 0 Å². The fraction of sp³-hybridized carbons (Fsp3) is 0.562. The number of amides is 1. The zero-order valence-electron chi connectivity index (χ0n) is 11.5. The zero-order valence-corrected chi connectivity index (χ0v) is 13.1. The van der Waals surface area contributed by atoms with E-state index in [1.807, 2.05) is 29.2 Å². The summed E-state index contributed by atoms with van der Waals surface area (Å²) in [6.07, 6.45) is 4.94. The highest BCUT2D eigenvalue weighted by molar-refractivity contribution is 9.10. The van der Waals surface area contributed by atoms with Crippen molar-refractivity contribution in [2.45, 2.75) is 37.7 Å². The summed E-state index contributed by atoms with van der Waals surface area (Å²) in [5.74, 6) is 0.321. The van der Waals surface area contributed by atoms with E-state index < -0.39 is 5.60 Å². The van der Waals surface area contributed by atoms with E-state index in [-0.39, 0.29) is 11.8 Å². The molecule has 4 heteroatoms. The van der Waals surface area contributed by atoms with Crippen LogP contribution in [0.5, 0.6) is 0 Å². The van der Waals surface area contributed by atoms with E-state index in [2.05, 4.69) is 15.9 Å². The number of hydrogen-bond acceptors (Lipinski definition) is 2. The molecule has 1 amide bonds. The number of piperidine rings is 1. The van der Waals surface area contributed by atoms with Crippen LogP contribution < -0.4 is 0 Å². The molecule has 3 rings (SSSR count). The number of carbonyl (C=O) groups excluding carboxylic acids is 1. The summed E-state index contributed by atoms with van der Waals surface area (Å²) < 4.78 is 0.842. The molecule has 1 aliphatic heterocycles. The molecule has 3 nitrogen and oxygen atoms in total. The first-order chi connectivity index (χ1) is 9.60. The Morgan fingerprint density at radius 2 is 2.10 bits per heavy atom. The monoisotopic (exact) mass is 337 g/mol. The average Bonchev–Trinajstić information content (AvgIpc) is 2.46. The number of likely N-dealkylation sites (tertiary alicyclic amines) is 1. The van der Waals surface area contributed by atoms with E-state index in [9.17, 15) is 9.90 Å². The number of halogens is 1. The van der Waals surface area contributed by atoms with Crippen LogP contribution in [-0.2, 0) is 0 Å². The first kappa shape index (κ1) is 14.1. The molecule has 1 N–H and O–H groups in total. The van der Waals surface area contributed by atoms with E-state index in [0.717, 1.165) is 23.7 Å². The Morgan fingerprint density at radius 3 is 2.90 bits per heavy atom. The van der Waals surface area contributed by atoms with Crippen LogP contribution in [0.4, 0.5) is 0 Å². The van der Waals surface area contributed by atoms with Gasteiger partial charge < -0.3 is 10.0 Å². The maximum Gasteiger partial charge on any atom is 0.255 e. The van der Waals surface area contributed by atoms with Crippen LogP contribution >= 0.6 is 15.9 Å². The predicted octanol–water partition coefficient (Wildman–Crippen LogP) is 3.22. The number of hydrogen-bond donors (Lipinski definition) is 1. The van der Waals surface area contributed by atoms with Crippen LogP contribution in [0.1, 0.15) is 42.5 Å². The Morgan fingerprint density at radius 1 is 1.30 bits per heavy atom. The average molecular weight is 338 g/mol. The molecule has 108 valence electrons. The van der Waals surface area contributed by atoms with E-state index in [1.165, 1.54) is 6.42 Å². The van der Waals surface area contributed by atoms with Crippen LogP contribution in [0.3, 0.4) is 0 Å². The van der Waals surface area contributed by atoms with E-state index in [1.54, 1.807) is 0 Å². The first-order valence-corrected chi connectivity index (χ1v) is 8.16. The molecule has 2 atom stereocenters. The molecule has 1 aromatic carbocycles. The maximum absolute atomic E-state index is 12.6. The molecule has 0 spiro atoms. The predicted molar refractivity (Wildman–Crippen MR) is 81.6 cm³/mol. The Bertz CT molecular complexity index is 519. The van der Waals surface area contributed by atoms with Crippen LogP contribution in [0.15, 0.2) is 28.7 Å². The molecule has 2 aliphatic rings. The lowest BCUT2D eigenvalue weighted by Crippen LogP contribution is -2.54. The Kier molecular flexibility index (Phi) is 3.87. The van der Waals surface area contributed by atoms with E-state index in [4.69, 9.17) is 0 Å². The summed E-state index contributed by atoms with van der Waals surface area (Å²) in [4.78, 5) is 14.5. The van der Waals surface area contributed by atoms with Crippen LogP contribution in [0.25, 0.3) is 0 Å². The highest BCUT2D eigenvalue weighted by Gasteiger charge is 2.43. The fourth-order valence-electron chi connectivity index (χ4n) is 3.56. The van der Waals surface area contributed by atoms with Gasteiger partial charge in [-0.1, -0.05) is 25.0 Å². The van der Waals surface area contributed by atoms with Crippen molar-refractivity contribution >= 4 is 21.8 Å². The van der Waals surface area contributed by atoms with Crippen molar-refractivity contribution in [2.75, 3.05) is 13.1 Å². The topological polar surface area (TPSA) is 40.5 Å². The summed E-state index contributed by atoms with van der Waals surface area (Å²) in [5, 5.41) is 10.7. The number of fused-ring (bicyclic) bond motifs is 1. The van der Waals surface area contributed by atoms with Crippen LogP contribution in [0, 0.1) is 5.92 Å². The van der Waals surface area contributed by atoms with Gasteiger partial charge >= 0.3 is 0 Å². The van der Waals surface area contributed by atoms with Crippen molar-refractivity contribution in [3.8, 4) is 0 Å². The molecule has 2 unspecified atom stereocenters. The summed E-state index contributed by atoms with van der Waals surface area (Å²) in [5.41, 5.74) is 0.192. The standard InChI is InChI=1S/C16H20BrNO2/c17-14-7-2-1-6-13(14)15(19)18-10-9-16(20)8-4-3-5-12(16)11-18/h1-2,6-7,12,20H,3-5,8-11H2. The number of aliphatic hydroxyl groups is 1. The molecular formula is C16H20BrNO2. The molecule has 1 saturated carbocycles. The third-order valence-corrected chi connectivity index (χ3v) is 5.51. The van der Waals surface area contributed by atoms with Gasteiger partial charge in [-0.25, -0.2) is 0 Å². The van der Waals surface area contributed by atoms with Crippen molar-refractivity contribution in [3.63, 3.8) is 0 Å². The lowest BCUT2D eigenvalue weighted by atomic mass is 9.71. The Balaban J connectivity index is 1.76. The van der Waals surface area contributed by atoms with Gasteiger partial charge in [0, 0.05) is 23.5 Å². The third kappa shape index (κ3) is 2.51. The number of benzene rings is 1. The first-order valence-electron chi connectivity index (χ1n) is 7.36. The van der Waals surface area contributed by atoms with Crippen molar-refractivity contribution < 1.29 is 9.90 Å². The molecule has 1 aliphatic carbocycles. The molecule has 1 aromatic rings. The third-order valence-electron chi connectivity index (χ3n) is 4.82. The second kappa shape index (κ2) is 5.49. The largest absolute Gasteiger partial charge is 0.389 e. The lowest BCUT2D eigenvalue weighted by molar-refractivity contribution is -0.0886. The second-order valence-corrected chi connectivity index (χ2v) is 6.88. The van der Waals surface area contributed by atoms with E-state index >= 15 is 0 Å². The molecule has 20 heavy (non-hydrogen) atoms. The SMILES string of the molecule is O=C(c1ccccc1Br)N1CCC2(O)CCCCC2C1. The van der Waals surface area contributed by atoms with E-state index in [0.29, 0.717) is 25.1 Å². The minimum Gasteiger partial charge on any atom is -0.389 e. The van der Waals surface area contributed by atoms with Gasteiger partial charge in [0.05, 0.1) is 11.2 Å². The van der Waals surface area contributed by atoms with Gasteiger partial charge in [-0.15, -0.1) is 0 Å². The Labute approximate surface area is 128 Å². The molecule has 0 radical (unpaired) electrons. The molecule has 2 fully saturated rings. The molecular weight excluding hydrogens is 318 g/mol. The second-order valence-electron chi connectivity index (χ2n) is 6.03. The van der Waals surface area contributed by atoms with Crippen molar-refractivity contribution in [3.05, 3.63) is 34.3 Å². The Hall–Kier alpha value is -0.870. The fourth-order valence-corrected chi connectivity index (χ4v) is 4.01. The molecule has 0 bridgehead atoms. The number of carbonyl (C=O) groups is 1. The van der Waals surface area contributed by atoms with Gasteiger partial charge in [-0.05, 0) is 47.3 Å². The van der Waals surface area contributed by atoms with Gasteiger partial charge in [0.25, 0.3) is 5.91 Å². The quantitative estimate of drug-likeness (QED) is 0.854. The van der Waals surface area contributed by atoms with Crippen LogP contribution in [-0.4, -0.2) is 34.6 Å². The van der Waals surface area contributed by atoms with Gasteiger partial charge in [-0.3, -0.25) is 4.79 Å².